The van der Waals surface area contributed by atoms with Crippen LogP contribution in [0.1, 0.15) is 38.2 Å². The molecule has 264 valence electrons. The third-order valence-electron chi connectivity index (χ3n) is 10.5. The highest BCUT2D eigenvalue weighted by Crippen LogP contribution is 2.43. The summed E-state index contributed by atoms with van der Waals surface area (Å²) in [4.78, 5) is 31.6. The predicted molar refractivity (Wildman–Crippen MR) is 195 cm³/mol. The molecule has 0 radical (unpaired) electrons. The van der Waals surface area contributed by atoms with Crippen LogP contribution < -0.4 is 15.0 Å². The highest BCUT2D eigenvalue weighted by atomic mass is 127. The fourth-order valence-corrected chi connectivity index (χ4v) is 10.1. The lowest BCUT2D eigenvalue weighted by Gasteiger charge is -2.34. The van der Waals surface area contributed by atoms with Crippen LogP contribution in [0, 0.1) is 11.6 Å². The second-order valence-corrected chi connectivity index (χ2v) is 16.7. The first-order valence-electron chi connectivity index (χ1n) is 17.0. The van der Waals surface area contributed by atoms with E-state index in [-0.39, 0.29) is 81.0 Å². The van der Waals surface area contributed by atoms with E-state index in [9.17, 15) is 9.90 Å². The molecule has 6 bridgehead atoms. The first-order chi connectivity index (χ1) is 24.1. The molecular weight excluding hydrogens is 761 g/mol. The highest BCUT2D eigenvalue weighted by molar-refractivity contribution is 14.2. The Morgan fingerprint density at radius 1 is 1.20 bits per heavy atom. The van der Waals surface area contributed by atoms with Crippen LogP contribution in [-0.2, 0) is 15.9 Å². The topological polar surface area (TPSA) is 122 Å². The van der Waals surface area contributed by atoms with E-state index < -0.39 is 23.3 Å². The molecule has 0 unspecified atom stereocenters. The summed E-state index contributed by atoms with van der Waals surface area (Å²) in [6.45, 7) is 5.49. The minimum atomic E-state index is -0.892. The summed E-state index contributed by atoms with van der Waals surface area (Å²) in [7, 11) is 0. The second kappa shape index (κ2) is 13.1. The number of fused-ring (bicyclic) bond motifs is 7. The van der Waals surface area contributed by atoms with Gasteiger partial charge in [0, 0.05) is 35.3 Å². The highest BCUT2D eigenvalue weighted by Gasteiger charge is 2.48. The number of alkyl halides is 1. The van der Waals surface area contributed by atoms with E-state index in [4.69, 9.17) is 19.2 Å². The number of carbonyl (C=O) groups excluding carboxylic acids is 1. The Morgan fingerprint density at radius 2 is 2.08 bits per heavy atom. The van der Waals surface area contributed by atoms with Crippen molar-refractivity contribution in [3.05, 3.63) is 47.7 Å². The van der Waals surface area contributed by atoms with E-state index in [1.165, 1.54) is 24.4 Å². The maximum Gasteiger partial charge on any atom is 0.407 e. The fraction of sp³-hybridized carbons (Fsp3) is 0.472. The van der Waals surface area contributed by atoms with Gasteiger partial charge in [-0.3, -0.25) is 9.88 Å². The van der Waals surface area contributed by atoms with E-state index in [1.54, 1.807) is 6.07 Å². The number of anilines is 1. The normalized spacial score (nSPS) is 25.8. The van der Waals surface area contributed by atoms with Gasteiger partial charge >= 0.3 is 12.1 Å². The molecule has 50 heavy (non-hydrogen) atoms. The molecular formula is C36H39F2IN6O5. The van der Waals surface area contributed by atoms with Gasteiger partial charge < -0.3 is 29.5 Å². The number of nitrogens with one attached hydrogen (secondary N) is 1. The van der Waals surface area contributed by atoms with Crippen LogP contribution in [0.4, 0.5) is 19.4 Å². The van der Waals surface area contributed by atoms with Crippen molar-refractivity contribution in [2.75, 3.05) is 57.5 Å². The van der Waals surface area contributed by atoms with Gasteiger partial charge in [-0.2, -0.15) is 9.97 Å². The van der Waals surface area contributed by atoms with E-state index in [2.05, 4.69) is 24.7 Å². The molecule has 3 saturated heterocycles. The molecule has 2 N–H and O–H groups in total. The largest absolute Gasteiger partial charge is 0.508 e. The number of hydrogen-bond donors (Lipinski definition) is 2. The van der Waals surface area contributed by atoms with Gasteiger partial charge in [0.25, 0.3) is 0 Å². The van der Waals surface area contributed by atoms with E-state index in [1.807, 2.05) is 11.8 Å². The van der Waals surface area contributed by atoms with Crippen molar-refractivity contribution in [1.29, 1.82) is 0 Å². The van der Waals surface area contributed by atoms with Crippen molar-refractivity contribution < 1.29 is 32.9 Å². The number of aromatic hydroxyl groups is 1. The molecule has 0 aliphatic carbocycles. The molecule has 3 atom stereocenters. The van der Waals surface area contributed by atoms with Crippen LogP contribution in [0.25, 0.3) is 32.9 Å². The first kappa shape index (κ1) is 33.4. The van der Waals surface area contributed by atoms with Gasteiger partial charge in [0.05, 0.1) is 36.3 Å². The van der Waals surface area contributed by atoms with Crippen molar-refractivity contribution in [3.63, 3.8) is 0 Å². The van der Waals surface area contributed by atoms with Gasteiger partial charge in [0.1, 0.15) is 35.2 Å². The number of nitrogens with zero attached hydrogens (tertiary/aromatic N) is 5. The Balaban J connectivity index is 1.31. The third kappa shape index (κ3) is 6.02. The molecule has 0 saturated carbocycles. The van der Waals surface area contributed by atoms with Gasteiger partial charge in [0.2, 0.25) is 0 Å². The number of rotatable bonds is 4. The number of alkyl carbamates (subject to hydrolysis) is 1. The lowest BCUT2D eigenvalue weighted by molar-refractivity contribution is 0.0870. The number of phenols is 1. The Morgan fingerprint density at radius 3 is 2.94 bits per heavy atom. The summed E-state index contributed by atoms with van der Waals surface area (Å²) in [5.74, 6) is -0.962. The number of aryl methyl sites for hydroxylation is 1. The Hall–Kier alpha value is -3.76. The van der Waals surface area contributed by atoms with Gasteiger partial charge in [-0.15, -0.1) is 20.7 Å². The van der Waals surface area contributed by atoms with Crippen molar-refractivity contribution in [2.24, 2.45) is 0 Å². The molecule has 3 fully saturated rings. The first-order valence-corrected chi connectivity index (χ1v) is 19.8. The summed E-state index contributed by atoms with van der Waals surface area (Å²) >= 11 is -0.163. The Labute approximate surface area is 298 Å². The van der Waals surface area contributed by atoms with Crippen LogP contribution in [0.2, 0.25) is 0 Å². The minimum Gasteiger partial charge on any atom is -0.508 e. The maximum atomic E-state index is 17.1. The summed E-state index contributed by atoms with van der Waals surface area (Å²) < 4.78 is 55.4. The minimum absolute atomic E-state index is 0.0123. The van der Waals surface area contributed by atoms with Crippen molar-refractivity contribution in [2.45, 2.75) is 54.0 Å². The molecule has 14 heteroatoms. The lowest BCUT2D eigenvalue weighted by Crippen LogP contribution is -2.55. The molecule has 2 aromatic heterocycles. The number of carbonyl (C=O) groups is 1. The Kier molecular flexibility index (Phi) is 8.74. The summed E-state index contributed by atoms with van der Waals surface area (Å²) in [5.41, 5.74) is -0.587. The van der Waals surface area contributed by atoms with Crippen LogP contribution >= 0.6 is 20.7 Å². The summed E-state index contributed by atoms with van der Waals surface area (Å²) in [5, 5.41) is 15.0. The molecule has 9 rings (SSSR count). The van der Waals surface area contributed by atoms with Crippen LogP contribution in [0.5, 0.6) is 11.8 Å². The summed E-state index contributed by atoms with van der Waals surface area (Å²) in [6.07, 6.45) is 4.49. The fourth-order valence-electron chi connectivity index (χ4n) is 8.17. The van der Waals surface area contributed by atoms with Crippen molar-refractivity contribution in [1.82, 2.24) is 25.2 Å². The molecule has 11 nitrogen and oxygen atoms in total. The van der Waals surface area contributed by atoms with Crippen molar-refractivity contribution >= 4 is 58.8 Å². The standard InChI is InChI=1S/C36H39F2IN6O5/c1-35-18-44(10-12-48-19-35)32-26-16-40-30(25-14-23(46)13-21-6-7-27(37)24(28(21)25)5-3-11-49-34(47)43-35)29(38)31(26)41-33(42-32)50-20-36-8-4-9-45(36)17-22(15-36)39-2/h6-7,13-14,16,22,46H,2-5,8-12,15,17-20H2,1H3,(H,43,47)/t22-,35+,36+/m1/s1. The smallest absolute Gasteiger partial charge is 0.407 e. The number of ether oxygens (including phenoxy) is 3. The molecule has 4 aromatic rings. The maximum absolute atomic E-state index is 17.1. The molecule has 0 spiro atoms. The number of aromatic nitrogens is 3. The zero-order valence-electron chi connectivity index (χ0n) is 27.8. The number of benzene rings is 2. The van der Waals surface area contributed by atoms with E-state index in [0.717, 1.165) is 32.4 Å². The number of phenolic OH excluding ortho intramolecular Hbond substituents is 1. The summed E-state index contributed by atoms with van der Waals surface area (Å²) in [6, 6.07) is 5.80. The van der Waals surface area contributed by atoms with E-state index >= 15 is 8.78 Å². The molecule has 1 amide bonds. The molecule has 5 aliphatic rings. The van der Waals surface area contributed by atoms with Gasteiger partial charge in [-0.1, -0.05) is 10.6 Å². The number of amides is 1. The van der Waals surface area contributed by atoms with Crippen molar-refractivity contribution in [3.8, 4) is 23.0 Å². The zero-order chi connectivity index (χ0) is 34.6. The SMILES string of the molecule is C=I[C@H]1CN2CCC[C@@]2(COc2nc3c4cnc(c(F)c4n2)-c2cc(O)cc4ccc(F)c(c24)CCCOC(=O)N[C@]2(C)COCCN3C2)C1. The van der Waals surface area contributed by atoms with Gasteiger partial charge in [-0.05, 0) is 80.1 Å². The number of pyridine rings is 1. The van der Waals surface area contributed by atoms with Crippen LogP contribution in [0.3, 0.4) is 0 Å². The Bertz CT molecular complexity index is 2020. The average Bonchev–Trinajstić information content (AvgIpc) is 3.58. The predicted octanol–water partition coefficient (Wildman–Crippen LogP) is 5.48. The van der Waals surface area contributed by atoms with Gasteiger partial charge in [0.15, 0.2) is 5.82 Å². The van der Waals surface area contributed by atoms with Crippen LogP contribution in [0.15, 0.2) is 30.5 Å². The molecule has 5 aliphatic heterocycles. The second-order valence-electron chi connectivity index (χ2n) is 14.0. The third-order valence-corrected chi connectivity index (χ3v) is 12.6. The molecule has 2 aromatic carbocycles. The average molecular weight is 801 g/mol. The quantitative estimate of drug-likeness (QED) is 0.203. The number of halogens is 3. The van der Waals surface area contributed by atoms with Crippen LogP contribution in [-0.4, -0.2) is 103 Å². The van der Waals surface area contributed by atoms with E-state index in [0.29, 0.717) is 57.6 Å². The molecule has 7 heterocycles. The lowest BCUT2D eigenvalue weighted by atomic mass is 9.93. The number of hydrogen-bond acceptors (Lipinski definition) is 10. The zero-order valence-corrected chi connectivity index (χ0v) is 30.0. The monoisotopic (exact) mass is 800 g/mol. The van der Waals surface area contributed by atoms with Gasteiger partial charge in [-0.25, -0.2) is 13.6 Å².